The summed E-state index contributed by atoms with van der Waals surface area (Å²) in [5, 5.41) is 0.630. The van der Waals surface area contributed by atoms with Gasteiger partial charge in [-0.25, -0.2) is 13.4 Å². The van der Waals surface area contributed by atoms with E-state index in [-0.39, 0.29) is 16.6 Å². The maximum absolute atomic E-state index is 12.3. The fourth-order valence-corrected chi connectivity index (χ4v) is 5.85. The standard InChI is InChI=1S/C18H20N4O4S2/c1-28(24,25)22-6-3-2-4-13(22)12-8-11(10-5-7-26-9-10)14-15(19)16(17(20)23)27-18(14)21-12/h5,7-9,13H,2-4,6,19H2,1H3,(H2,20,23). The van der Waals surface area contributed by atoms with Gasteiger partial charge in [0.25, 0.3) is 5.91 Å². The van der Waals surface area contributed by atoms with Crippen molar-refractivity contribution in [2.45, 2.75) is 25.3 Å². The summed E-state index contributed by atoms with van der Waals surface area (Å²) < 4.78 is 31.3. The minimum atomic E-state index is -3.38. The predicted octanol–water partition coefficient (Wildman–Crippen LogP) is 2.72. The molecule has 10 heteroatoms. The number of pyridine rings is 1. The molecule has 0 spiro atoms. The number of anilines is 1. The lowest BCUT2D eigenvalue weighted by molar-refractivity contribution is 0.100. The van der Waals surface area contributed by atoms with E-state index in [4.69, 9.17) is 20.9 Å². The minimum Gasteiger partial charge on any atom is -0.472 e. The highest BCUT2D eigenvalue weighted by Crippen LogP contribution is 2.42. The van der Waals surface area contributed by atoms with Crippen LogP contribution in [-0.4, -0.2) is 36.4 Å². The Hall–Kier alpha value is -2.43. The summed E-state index contributed by atoms with van der Waals surface area (Å²) >= 11 is 1.12. The molecule has 0 saturated carbocycles. The van der Waals surface area contributed by atoms with Crippen LogP contribution in [0.1, 0.15) is 40.7 Å². The van der Waals surface area contributed by atoms with E-state index in [1.165, 1.54) is 10.6 Å². The molecule has 1 unspecified atom stereocenters. The van der Waals surface area contributed by atoms with Gasteiger partial charge in [-0.3, -0.25) is 4.79 Å². The predicted molar refractivity (Wildman–Crippen MR) is 108 cm³/mol. The molecule has 148 valence electrons. The van der Waals surface area contributed by atoms with Crippen molar-refractivity contribution in [3.8, 4) is 11.1 Å². The number of primary amides is 1. The molecular weight excluding hydrogens is 400 g/mol. The zero-order chi connectivity index (χ0) is 20.1. The van der Waals surface area contributed by atoms with Gasteiger partial charge in [-0.05, 0) is 30.5 Å². The Morgan fingerprint density at radius 1 is 1.39 bits per heavy atom. The van der Waals surface area contributed by atoms with Crippen molar-refractivity contribution >= 4 is 43.2 Å². The molecule has 3 aromatic heterocycles. The van der Waals surface area contributed by atoms with Crippen molar-refractivity contribution in [3.05, 3.63) is 35.2 Å². The lowest BCUT2D eigenvalue weighted by Gasteiger charge is -2.33. The van der Waals surface area contributed by atoms with Gasteiger partial charge in [0.15, 0.2) is 0 Å². The van der Waals surface area contributed by atoms with E-state index in [1.54, 1.807) is 18.6 Å². The van der Waals surface area contributed by atoms with Crippen LogP contribution in [0.5, 0.6) is 0 Å². The Morgan fingerprint density at radius 3 is 2.82 bits per heavy atom. The van der Waals surface area contributed by atoms with Crippen LogP contribution in [0.3, 0.4) is 0 Å². The number of carbonyl (C=O) groups is 1. The molecule has 4 N–H and O–H groups in total. The lowest BCUT2D eigenvalue weighted by Crippen LogP contribution is -2.38. The van der Waals surface area contributed by atoms with Crippen LogP contribution in [0.4, 0.5) is 5.69 Å². The molecule has 1 fully saturated rings. The topological polar surface area (TPSA) is 133 Å². The first-order valence-electron chi connectivity index (χ1n) is 8.79. The van der Waals surface area contributed by atoms with Crippen molar-refractivity contribution in [3.63, 3.8) is 0 Å². The quantitative estimate of drug-likeness (QED) is 0.667. The highest BCUT2D eigenvalue weighted by Gasteiger charge is 2.32. The normalized spacial score (nSPS) is 18.5. The maximum atomic E-state index is 12.3. The molecule has 4 rings (SSSR count). The minimum absolute atomic E-state index is 0.244. The Bertz CT molecular complexity index is 1150. The number of furan rings is 1. The first-order chi connectivity index (χ1) is 13.3. The Kier molecular flexibility index (Phi) is 4.64. The molecule has 28 heavy (non-hydrogen) atoms. The van der Waals surface area contributed by atoms with E-state index < -0.39 is 15.9 Å². The van der Waals surface area contributed by atoms with Crippen LogP contribution in [-0.2, 0) is 10.0 Å². The molecule has 4 heterocycles. The molecule has 1 aliphatic rings. The fourth-order valence-electron chi connectivity index (χ4n) is 3.74. The molecule has 1 aliphatic heterocycles. The SMILES string of the molecule is CS(=O)(=O)N1CCCCC1c1cc(-c2ccoc2)c2c(N)c(C(N)=O)sc2n1. The largest absolute Gasteiger partial charge is 0.472 e. The number of amides is 1. The lowest BCUT2D eigenvalue weighted by atomic mass is 9.97. The van der Waals surface area contributed by atoms with Crippen LogP contribution in [0, 0.1) is 0 Å². The van der Waals surface area contributed by atoms with Crippen molar-refractivity contribution in [1.29, 1.82) is 0 Å². The maximum Gasteiger partial charge on any atom is 0.260 e. The Balaban J connectivity index is 1.96. The van der Waals surface area contributed by atoms with Gasteiger partial charge < -0.3 is 15.9 Å². The highest BCUT2D eigenvalue weighted by atomic mass is 32.2. The van der Waals surface area contributed by atoms with Gasteiger partial charge in [0.2, 0.25) is 10.0 Å². The molecule has 0 aromatic carbocycles. The number of aromatic nitrogens is 1. The third-order valence-electron chi connectivity index (χ3n) is 5.00. The van der Waals surface area contributed by atoms with E-state index in [1.807, 2.05) is 6.07 Å². The average molecular weight is 421 g/mol. The number of piperidine rings is 1. The number of hydrogen-bond donors (Lipinski definition) is 2. The van der Waals surface area contributed by atoms with E-state index in [0.29, 0.717) is 28.9 Å². The Labute approximate surface area is 166 Å². The van der Waals surface area contributed by atoms with Crippen molar-refractivity contribution in [1.82, 2.24) is 9.29 Å². The number of nitrogen functional groups attached to an aromatic ring is 1. The smallest absolute Gasteiger partial charge is 0.260 e. The van der Waals surface area contributed by atoms with Crippen molar-refractivity contribution in [2.24, 2.45) is 5.73 Å². The zero-order valence-electron chi connectivity index (χ0n) is 15.2. The summed E-state index contributed by atoms with van der Waals surface area (Å²) in [7, 11) is -3.38. The molecule has 1 atom stereocenters. The number of nitrogens with zero attached hydrogens (tertiary/aromatic N) is 2. The number of fused-ring (bicyclic) bond motifs is 1. The summed E-state index contributed by atoms with van der Waals surface area (Å²) in [5.74, 6) is -0.615. The summed E-state index contributed by atoms with van der Waals surface area (Å²) in [4.78, 5) is 17.3. The second-order valence-corrected chi connectivity index (χ2v) is 9.82. The number of nitrogens with two attached hydrogens (primary N) is 2. The summed E-state index contributed by atoms with van der Waals surface area (Å²) in [6, 6.07) is 3.27. The first kappa shape index (κ1) is 18.9. The molecular formula is C18H20N4O4S2. The number of carbonyl (C=O) groups excluding carboxylic acids is 1. The van der Waals surface area contributed by atoms with Gasteiger partial charge in [0.05, 0.1) is 36.2 Å². The fraction of sp³-hybridized carbons (Fsp3) is 0.333. The monoisotopic (exact) mass is 420 g/mol. The van der Waals surface area contributed by atoms with Crippen LogP contribution >= 0.6 is 11.3 Å². The second-order valence-electron chi connectivity index (χ2n) is 6.88. The van der Waals surface area contributed by atoms with Crippen LogP contribution < -0.4 is 11.5 Å². The van der Waals surface area contributed by atoms with Gasteiger partial charge in [0.1, 0.15) is 9.71 Å². The van der Waals surface area contributed by atoms with Gasteiger partial charge in [-0.2, -0.15) is 4.31 Å². The van der Waals surface area contributed by atoms with E-state index in [9.17, 15) is 13.2 Å². The first-order valence-corrected chi connectivity index (χ1v) is 11.5. The van der Waals surface area contributed by atoms with E-state index in [2.05, 4.69) is 0 Å². The van der Waals surface area contributed by atoms with Crippen molar-refractivity contribution < 1.29 is 17.6 Å². The van der Waals surface area contributed by atoms with Crippen LogP contribution in [0.15, 0.2) is 29.1 Å². The van der Waals surface area contributed by atoms with Gasteiger partial charge in [-0.15, -0.1) is 11.3 Å². The molecule has 1 amide bonds. The molecule has 0 bridgehead atoms. The summed E-state index contributed by atoms with van der Waals surface area (Å²) in [5.41, 5.74) is 14.1. The molecule has 0 aliphatic carbocycles. The van der Waals surface area contributed by atoms with E-state index in [0.717, 1.165) is 35.3 Å². The number of hydrogen-bond acceptors (Lipinski definition) is 7. The molecule has 8 nitrogen and oxygen atoms in total. The van der Waals surface area contributed by atoms with Crippen molar-refractivity contribution in [2.75, 3.05) is 18.5 Å². The van der Waals surface area contributed by atoms with Crippen LogP contribution in [0.2, 0.25) is 0 Å². The third-order valence-corrected chi connectivity index (χ3v) is 7.40. The second kappa shape index (κ2) is 6.87. The number of thiophene rings is 1. The molecule has 1 saturated heterocycles. The van der Waals surface area contributed by atoms with E-state index >= 15 is 0 Å². The molecule has 0 radical (unpaired) electrons. The highest BCUT2D eigenvalue weighted by molar-refractivity contribution is 7.88. The number of rotatable bonds is 4. The number of sulfonamides is 1. The summed E-state index contributed by atoms with van der Waals surface area (Å²) in [6.07, 6.45) is 6.75. The van der Waals surface area contributed by atoms with Crippen LogP contribution in [0.25, 0.3) is 21.3 Å². The molecule has 3 aromatic rings. The summed E-state index contributed by atoms with van der Waals surface area (Å²) in [6.45, 7) is 0.462. The van der Waals surface area contributed by atoms with Gasteiger partial charge in [0, 0.05) is 17.5 Å². The van der Waals surface area contributed by atoms with Gasteiger partial charge >= 0.3 is 0 Å². The Morgan fingerprint density at radius 2 is 2.18 bits per heavy atom. The average Bonchev–Trinajstić information content (AvgIpc) is 3.29. The van der Waals surface area contributed by atoms with Gasteiger partial charge in [-0.1, -0.05) is 6.42 Å². The third kappa shape index (κ3) is 3.17. The zero-order valence-corrected chi connectivity index (χ0v) is 16.8.